The van der Waals surface area contributed by atoms with Gasteiger partial charge in [0.2, 0.25) is 0 Å². The molecule has 5 nitrogen and oxygen atoms in total. The van der Waals surface area contributed by atoms with Crippen LogP contribution in [0, 0.1) is 10.8 Å². The van der Waals surface area contributed by atoms with Crippen LogP contribution in [0.4, 0.5) is 4.79 Å². The summed E-state index contributed by atoms with van der Waals surface area (Å²) in [4.78, 5) is 16.7. The smallest absolute Gasteiger partial charge is 0.350 e. The van der Waals surface area contributed by atoms with Crippen molar-refractivity contribution in [3.63, 3.8) is 0 Å². The predicted octanol–water partition coefficient (Wildman–Crippen LogP) is 1.75. The van der Waals surface area contributed by atoms with Crippen LogP contribution < -0.4 is 5.73 Å². The van der Waals surface area contributed by atoms with Crippen molar-refractivity contribution in [2.75, 3.05) is 6.54 Å². The summed E-state index contributed by atoms with van der Waals surface area (Å²) in [5.74, 6) is 0.489. The van der Waals surface area contributed by atoms with E-state index < -0.39 is 11.4 Å². The van der Waals surface area contributed by atoms with Gasteiger partial charge in [-0.25, -0.2) is 4.79 Å². The second-order valence-corrected chi connectivity index (χ2v) is 3.82. The predicted molar refractivity (Wildman–Crippen MR) is 64.7 cm³/mol. The maximum atomic E-state index is 11.6. The van der Waals surface area contributed by atoms with Gasteiger partial charge in [0.1, 0.15) is 11.7 Å². The zero-order valence-corrected chi connectivity index (χ0v) is 9.79. The van der Waals surface area contributed by atoms with Crippen LogP contribution in [0.15, 0.2) is 17.6 Å². The molecular formula is C11H18N4O. The molecule has 2 amide bonds. The van der Waals surface area contributed by atoms with Crippen LogP contribution >= 0.6 is 0 Å². The van der Waals surface area contributed by atoms with Crippen molar-refractivity contribution in [3.05, 3.63) is 12.7 Å². The van der Waals surface area contributed by atoms with Crippen molar-refractivity contribution in [1.29, 1.82) is 5.41 Å². The lowest BCUT2D eigenvalue weighted by Crippen LogP contribution is -2.56. The van der Waals surface area contributed by atoms with Crippen LogP contribution in [0.2, 0.25) is 0 Å². The fraction of sp³-hybridized carbons (Fsp3) is 0.545. The molecule has 0 aromatic heterocycles. The number of nitrogens with one attached hydrogen (secondary N) is 1. The minimum atomic E-state index is -0.600. The molecule has 0 bridgehead atoms. The van der Waals surface area contributed by atoms with E-state index in [4.69, 9.17) is 11.1 Å². The normalized spacial score (nSPS) is 19.6. The molecule has 1 heterocycles. The summed E-state index contributed by atoms with van der Waals surface area (Å²) in [5.41, 5.74) is 5.21. The van der Waals surface area contributed by atoms with Gasteiger partial charge in [0, 0.05) is 6.54 Å². The van der Waals surface area contributed by atoms with Crippen molar-refractivity contribution >= 4 is 17.7 Å². The number of carbonyl (C=O) groups is 1. The molecule has 0 aliphatic carbocycles. The summed E-state index contributed by atoms with van der Waals surface area (Å²) in [5, 5.41) is 8.11. The quantitative estimate of drug-likeness (QED) is 0.710. The van der Waals surface area contributed by atoms with Crippen LogP contribution in [0.1, 0.15) is 26.7 Å². The van der Waals surface area contributed by atoms with Crippen molar-refractivity contribution in [2.24, 2.45) is 16.1 Å². The van der Waals surface area contributed by atoms with Crippen LogP contribution in [0.5, 0.6) is 0 Å². The van der Waals surface area contributed by atoms with Crippen LogP contribution in [0.25, 0.3) is 0 Å². The Balaban J connectivity index is 3.22. The van der Waals surface area contributed by atoms with E-state index in [0.717, 1.165) is 0 Å². The van der Waals surface area contributed by atoms with Gasteiger partial charge in [-0.15, -0.1) is 6.58 Å². The molecule has 0 radical (unpaired) electrons. The van der Waals surface area contributed by atoms with Crippen LogP contribution in [-0.2, 0) is 0 Å². The Hall–Kier alpha value is -1.65. The molecule has 0 spiro atoms. The molecule has 88 valence electrons. The Morgan fingerprint density at radius 2 is 2.12 bits per heavy atom. The average molecular weight is 222 g/mol. The molecule has 0 unspecified atom stereocenters. The minimum absolute atomic E-state index is 0.231. The van der Waals surface area contributed by atoms with Crippen molar-refractivity contribution in [3.8, 4) is 0 Å². The topological polar surface area (TPSA) is 82.5 Å². The van der Waals surface area contributed by atoms with Gasteiger partial charge >= 0.3 is 6.03 Å². The maximum Gasteiger partial charge on any atom is 0.350 e. The molecule has 0 aromatic carbocycles. The highest BCUT2D eigenvalue weighted by molar-refractivity contribution is 6.19. The number of rotatable bonds is 4. The molecule has 1 aliphatic heterocycles. The van der Waals surface area contributed by atoms with Crippen LogP contribution in [-0.4, -0.2) is 29.1 Å². The number of hydrogen-bond acceptors (Lipinski definition) is 3. The summed E-state index contributed by atoms with van der Waals surface area (Å²) in [6.45, 7) is 7.77. The molecule has 0 saturated carbocycles. The van der Waals surface area contributed by atoms with Gasteiger partial charge in [0.05, 0.1) is 5.41 Å². The molecule has 0 saturated heterocycles. The van der Waals surface area contributed by atoms with Gasteiger partial charge in [0.15, 0.2) is 0 Å². The average Bonchev–Trinajstić information content (AvgIpc) is 2.26. The van der Waals surface area contributed by atoms with Gasteiger partial charge in [0.25, 0.3) is 0 Å². The Labute approximate surface area is 95.5 Å². The summed E-state index contributed by atoms with van der Waals surface area (Å²) in [7, 11) is 0. The van der Waals surface area contributed by atoms with Gasteiger partial charge in [-0.2, -0.15) is 4.99 Å². The zero-order chi connectivity index (χ0) is 12.3. The summed E-state index contributed by atoms with van der Waals surface area (Å²) in [6, 6.07) is -0.472. The number of carbonyl (C=O) groups excluding carboxylic acids is 1. The summed E-state index contributed by atoms with van der Waals surface area (Å²) < 4.78 is 0. The van der Waals surface area contributed by atoms with Crippen molar-refractivity contribution in [2.45, 2.75) is 26.7 Å². The highest BCUT2D eigenvalue weighted by Crippen LogP contribution is 2.32. The molecule has 3 N–H and O–H groups in total. The van der Waals surface area contributed by atoms with Crippen molar-refractivity contribution < 1.29 is 4.79 Å². The molecule has 0 atom stereocenters. The van der Waals surface area contributed by atoms with E-state index in [1.165, 1.54) is 4.90 Å². The van der Waals surface area contributed by atoms with E-state index in [1.807, 2.05) is 13.8 Å². The second-order valence-electron chi connectivity index (χ2n) is 3.82. The number of urea groups is 1. The first kappa shape index (κ1) is 12.4. The molecule has 1 rings (SSSR count). The lowest BCUT2D eigenvalue weighted by atomic mass is 9.78. The number of nitrogens with two attached hydrogens (primary N) is 1. The second kappa shape index (κ2) is 4.47. The van der Waals surface area contributed by atoms with Crippen molar-refractivity contribution in [1.82, 2.24) is 4.90 Å². The van der Waals surface area contributed by atoms with Gasteiger partial charge < -0.3 is 5.73 Å². The van der Waals surface area contributed by atoms with E-state index in [9.17, 15) is 4.79 Å². The van der Waals surface area contributed by atoms with E-state index >= 15 is 0 Å². The Kier molecular flexibility index (Phi) is 3.47. The number of hydrogen-bond donors (Lipinski definition) is 2. The summed E-state index contributed by atoms with van der Waals surface area (Å²) in [6.07, 6.45) is 2.91. The van der Waals surface area contributed by atoms with E-state index in [1.54, 1.807) is 6.08 Å². The third-order valence-electron chi connectivity index (χ3n) is 3.18. The Bertz CT molecular complexity index is 355. The number of aliphatic imine (C=N–C) groups is 1. The highest BCUT2D eigenvalue weighted by atomic mass is 16.2. The molecule has 0 fully saturated rings. The van der Waals surface area contributed by atoms with Crippen LogP contribution in [0.3, 0.4) is 0 Å². The number of amides is 2. The third kappa shape index (κ3) is 1.62. The Morgan fingerprint density at radius 1 is 1.56 bits per heavy atom. The number of nitrogens with zero attached hydrogens (tertiary/aromatic N) is 2. The first-order valence-electron chi connectivity index (χ1n) is 5.39. The first-order valence-corrected chi connectivity index (χ1v) is 5.39. The lowest BCUT2D eigenvalue weighted by molar-refractivity contribution is 0.226. The Morgan fingerprint density at radius 3 is 2.56 bits per heavy atom. The monoisotopic (exact) mass is 222 g/mol. The molecule has 16 heavy (non-hydrogen) atoms. The van der Waals surface area contributed by atoms with Gasteiger partial charge in [-0.1, -0.05) is 19.9 Å². The fourth-order valence-electron chi connectivity index (χ4n) is 1.99. The minimum Gasteiger partial charge on any atom is -0.386 e. The SMILES string of the molecule is C=CCN1C(=N)C(CC)(CC)C(N)=NC1=O. The number of amidine groups is 2. The van der Waals surface area contributed by atoms with E-state index in [2.05, 4.69) is 11.6 Å². The third-order valence-corrected chi connectivity index (χ3v) is 3.18. The van der Waals surface area contributed by atoms with E-state index in [-0.39, 0.29) is 11.7 Å². The fourth-order valence-corrected chi connectivity index (χ4v) is 1.99. The standard InChI is InChI=1S/C11H18N4O/c1-4-7-15-9(13)11(5-2,6-3)8(12)14-10(15)16/h4,13H,1,5-7H2,2-3H3,(H2,12,14,16). The maximum absolute atomic E-state index is 11.6. The molecule has 0 aromatic rings. The van der Waals surface area contributed by atoms with Gasteiger partial charge in [-0.05, 0) is 12.8 Å². The lowest BCUT2D eigenvalue weighted by Gasteiger charge is -2.39. The zero-order valence-electron chi connectivity index (χ0n) is 9.79. The molecule has 1 aliphatic rings. The van der Waals surface area contributed by atoms with Gasteiger partial charge in [-0.3, -0.25) is 10.3 Å². The largest absolute Gasteiger partial charge is 0.386 e. The highest BCUT2D eigenvalue weighted by Gasteiger charge is 2.44. The summed E-state index contributed by atoms with van der Waals surface area (Å²) >= 11 is 0. The molecular weight excluding hydrogens is 204 g/mol. The first-order chi connectivity index (χ1) is 7.53. The molecule has 5 heteroatoms. The van der Waals surface area contributed by atoms with E-state index in [0.29, 0.717) is 19.4 Å².